The molecule has 3 heterocycles. The number of carboxylic acids is 1. The first-order chi connectivity index (χ1) is 13.0. The molecule has 1 N–H and O–H groups in total. The first-order valence-corrected chi connectivity index (χ1v) is 8.82. The van der Waals surface area contributed by atoms with Crippen LogP contribution < -0.4 is 5.56 Å². The normalized spacial score (nSPS) is 11.0. The molecule has 27 heavy (non-hydrogen) atoms. The molecule has 0 saturated carbocycles. The molecule has 4 rings (SSSR count). The minimum Gasteiger partial charge on any atom is -0.478 e. The highest BCUT2D eigenvalue weighted by molar-refractivity contribution is 7.17. The Morgan fingerprint density at radius 2 is 1.85 bits per heavy atom. The summed E-state index contributed by atoms with van der Waals surface area (Å²) in [6.45, 7) is 0.134. The molecule has 3 aromatic heterocycles. The zero-order valence-electron chi connectivity index (χ0n) is 13.8. The highest BCUT2D eigenvalue weighted by atomic mass is 32.1. The summed E-state index contributed by atoms with van der Waals surface area (Å²) in [6, 6.07) is 9.22. The molecular formula is C19H12FN3O3S. The Labute approximate surface area is 156 Å². The van der Waals surface area contributed by atoms with Gasteiger partial charge in [0.1, 0.15) is 16.5 Å². The first-order valence-electron chi connectivity index (χ1n) is 7.95. The van der Waals surface area contributed by atoms with E-state index in [9.17, 15) is 19.1 Å². The van der Waals surface area contributed by atoms with Crippen LogP contribution >= 0.6 is 11.3 Å². The van der Waals surface area contributed by atoms with E-state index in [2.05, 4.69) is 9.97 Å². The van der Waals surface area contributed by atoms with Crippen LogP contribution in [0.15, 0.2) is 59.0 Å². The molecule has 0 amide bonds. The van der Waals surface area contributed by atoms with Crippen LogP contribution in [-0.4, -0.2) is 25.6 Å². The molecule has 6 nitrogen and oxygen atoms in total. The summed E-state index contributed by atoms with van der Waals surface area (Å²) < 4.78 is 14.6. The average Bonchev–Trinajstić information content (AvgIpc) is 3.11. The number of aromatic nitrogens is 3. The van der Waals surface area contributed by atoms with Gasteiger partial charge >= 0.3 is 5.97 Å². The smallest absolute Gasteiger partial charge is 0.337 e. The molecule has 8 heteroatoms. The Balaban J connectivity index is 1.98. The summed E-state index contributed by atoms with van der Waals surface area (Å²) in [5.74, 6) is -1.15. The van der Waals surface area contributed by atoms with Crippen LogP contribution in [0.2, 0.25) is 0 Å². The van der Waals surface area contributed by atoms with Gasteiger partial charge in [-0.25, -0.2) is 14.2 Å². The third kappa shape index (κ3) is 3.11. The number of carbonyl (C=O) groups is 1. The fourth-order valence-corrected chi connectivity index (χ4v) is 3.72. The maximum Gasteiger partial charge on any atom is 0.337 e. The van der Waals surface area contributed by atoms with E-state index in [1.54, 1.807) is 36.7 Å². The fourth-order valence-electron chi connectivity index (χ4n) is 2.82. The largest absolute Gasteiger partial charge is 0.478 e. The van der Waals surface area contributed by atoms with Crippen LogP contribution in [0.4, 0.5) is 4.39 Å². The monoisotopic (exact) mass is 381 g/mol. The van der Waals surface area contributed by atoms with Crippen molar-refractivity contribution in [2.45, 2.75) is 6.54 Å². The minimum absolute atomic E-state index is 0.0679. The maximum absolute atomic E-state index is 13.2. The summed E-state index contributed by atoms with van der Waals surface area (Å²) in [6.07, 6.45) is 3.18. The number of fused-ring (bicyclic) bond motifs is 1. The van der Waals surface area contributed by atoms with Crippen molar-refractivity contribution < 1.29 is 14.3 Å². The second-order valence-electron chi connectivity index (χ2n) is 5.82. The van der Waals surface area contributed by atoms with Gasteiger partial charge in [0, 0.05) is 23.3 Å². The summed E-state index contributed by atoms with van der Waals surface area (Å²) in [4.78, 5) is 33.5. The Morgan fingerprint density at radius 3 is 2.52 bits per heavy atom. The summed E-state index contributed by atoms with van der Waals surface area (Å²) in [5.41, 5.74) is 0.856. The number of rotatable bonds is 4. The fraction of sp³-hybridized carbons (Fsp3) is 0.0526. The highest BCUT2D eigenvalue weighted by Gasteiger charge is 2.20. The zero-order chi connectivity index (χ0) is 19.0. The predicted octanol–water partition coefficient (Wildman–Crippen LogP) is 3.41. The Hall–Kier alpha value is -3.39. The van der Waals surface area contributed by atoms with Gasteiger partial charge in [-0.15, -0.1) is 11.3 Å². The molecule has 0 aliphatic carbocycles. The van der Waals surface area contributed by atoms with E-state index < -0.39 is 11.5 Å². The number of halogens is 1. The Kier molecular flexibility index (Phi) is 4.25. The molecule has 1 aromatic carbocycles. The van der Waals surface area contributed by atoms with E-state index in [0.717, 1.165) is 11.3 Å². The lowest BCUT2D eigenvalue weighted by atomic mass is 10.1. The SMILES string of the molecule is O=C(O)c1csc2nc(-c3ccncc3)n(Cc3ccc(F)cc3)c(=O)c12. The van der Waals surface area contributed by atoms with Crippen LogP contribution in [-0.2, 0) is 6.54 Å². The minimum atomic E-state index is -1.18. The third-order valence-electron chi connectivity index (χ3n) is 4.12. The molecule has 0 aliphatic rings. The molecule has 0 saturated heterocycles. The molecule has 134 valence electrons. The van der Waals surface area contributed by atoms with Gasteiger partial charge in [-0.2, -0.15) is 0 Å². The van der Waals surface area contributed by atoms with Crippen molar-refractivity contribution in [3.8, 4) is 11.4 Å². The maximum atomic E-state index is 13.2. The van der Waals surface area contributed by atoms with Gasteiger partial charge < -0.3 is 5.11 Å². The standard InChI is InChI=1S/C19H12FN3O3S/c20-13-3-1-11(2-4-13)9-23-16(12-5-7-21-8-6-12)22-17-15(18(23)24)14(10-27-17)19(25)26/h1-8,10H,9H2,(H,25,26). The molecule has 0 aliphatic heterocycles. The van der Waals surface area contributed by atoms with Crippen LogP contribution in [0.3, 0.4) is 0 Å². The summed E-state index contributed by atoms with van der Waals surface area (Å²) >= 11 is 1.11. The van der Waals surface area contributed by atoms with E-state index in [1.807, 2.05) is 0 Å². The van der Waals surface area contributed by atoms with E-state index >= 15 is 0 Å². The van der Waals surface area contributed by atoms with Crippen LogP contribution in [0.5, 0.6) is 0 Å². The zero-order valence-corrected chi connectivity index (χ0v) is 14.6. The van der Waals surface area contributed by atoms with Gasteiger partial charge in [-0.05, 0) is 29.8 Å². The lowest BCUT2D eigenvalue weighted by molar-refractivity contribution is 0.0699. The van der Waals surface area contributed by atoms with E-state index in [1.165, 1.54) is 22.1 Å². The molecule has 4 aromatic rings. The average molecular weight is 381 g/mol. The molecule has 0 unspecified atom stereocenters. The molecule has 0 spiro atoms. The van der Waals surface area contributed by atoms with Crippen molar-refractivity contribution in [1.82, 2.24) is 14.5 Å². The number of thiophene rings is 1. The highest BCUT2D eigenvalue weighted by Crippen LogP contribution is 2.25. The van der Waals surface area contributed by atoms with Gasteiger partial charge in [0.25, 0.3) is 5.56 Å². The van der Waals surface area contributed by atoms with Crippen molar-refractivity contribution in [2.75, 3.05) is 0 Å². The number of benzene rings is 1. The van der Waals surface area contributed by atoms with Crippen molar-refractivity contribution in [1.29, 1.82) is 0 Å². The van der Waals surface area contributed by atoms with Crippen LogP contribution in [0.25, 0.3) is 21.6 Å². The number of aromatic carboxylic acids is 1. The number of nitrogens with zero attached hydrogens (tertiary/aromatic N) is 3. The van der Waals surface area contributed by atoms with Gasteiger partial charge in [-0.3, -0.25) is 14.3 Å². The number of carboxylic acid groups (broad SMARTS) is 1. The van der Waals surface area contributed by atoms with Crippen LogP contribution in [0, 0.1) is 5.82 Å². The van der Waals surface area contributed by atoms with Gasteiger partial charge in [0.05, 0.1) is 17.5 Å². The van der Waals surface area contributed by atoms with E-state index in [4.69, 9.17) is 0 Å². The quantitative estimate of drug-likeness (QED) is 0.586. The number of pyridine rings is 1. The second-order valence-corrected chi connectivity index (χ2v) is 6.68. The van der Waals surface area contributed by atoms with Gasteiger partial charge in [-0.1, -0.05) is 12.1 Å². The first kappa shape index (κ1) is 17.0. The van der Waals surface area contributed by atoms with Crippen LogP contribution in [0.1, 0.15) is 15.9 Å². The number of hydrogen-bond acceptors (Lipinski definition) is 5. The lowest BCUT2D eigenvalue weighted by Gasteiger charge is -2.13. The molecule has 0 fully saturated rings. The molecule has 0 radical (unpaired) electrons. The molecular weight excluding hydrogens is 369 g/mol. The van der Waals surface area contributed by atoms with E-state index in [0.29, 0.717) is 21.8 Å². The van der Waals surface area contributed by atoms with Crippen molar-refractivity contribution in [3.05, 3.63) is 81.5 Å². The van der Waals surface area contributed by atoms with Crippen molar-refractivity contribution in [3.63, 3.8) is 0 Å². The lowest BCUT2D eigenvalue weighted by Crippen LogP contribution is -2.24. The van der Waals surface area contributed by atoms with E-state index in [-0.39, 0.29) is 23.3 Å². The van der Waals surface area contributed by atoms with Gasteiger partial charge in [0.2, 0.25) is 0 Å². The Bertz CT molecular complexity index is 1200. The van der Waals surface area contributed by atoms with Crippen molar-refractivity contribution >= 4 is 27.5 Å². The Morgan fingerprint density at radius 1 is 1.15 bits per heavy atom. The molecule has 0 bridgehead atoms. The van der Waals surface area contributed by atoms with Gasteiger partial charge in [0.15, 0.2) is 0 Å². The third-order valence-corrected chi connectivity index (χ3v) is 4.99. The summed E-state index contributed by atoms with van der Waals surface area (Å²) in [5, 5.41) is 10.9. The molecule has 0 atom stereocenters. The van der Waals surface area contributed by atoms with Crippen molar-refractivity contribution in [2.24, 2.45) is 0 Å². The summed E-state index contributed by atoms with van der Waals surface area (Å²) in [7, 11) is 0. The second kappa shape index (κ2) is 6.73. The predicted molar refractivity (Wildman–Crippen MR) is 99.6 cm³/mol. The number of hydrogen-bond donors (Lipinski definition) is 1. The topological polar surface area (TPSA) is 85.1 Å².